The van der Waals surface area contributed by atoms with E-state index in [0.717, 1.165) is 18.6 Å². The molecule has 2 rings (SSSR count). The van der Waals surface area contributed by atoms with Gasteiger partial charge in [0.2, 0.25) is 0 Å². The van der Waals surface area contributed by atoms with Crippen molar-refractivity contribution >= 4 is 5.78 Å². The Morgan fingerprint density at radius 3 is 2.42 bits per heavy atom. The number of hydrogen-bond donors (Lipinski definition) is 0. The highest BCUT2D eigenvalue weighted by atomic mass is 16.4. The molecule has 102 valence electrons. The van der Waals surface area contributed by atoms with Crippen molar-refractivity contribution in [2.24, 2.45) is 0 Å². The summed E-state index contributed by atoms with van der Waals surface area (Å²) in [5.41, 5.74) is 0. The monoisotopic (exact) mass is 260 g/mol. The average Bonchev–Trinajstić information content (AvgIpc) is 3.03. The van der Waals surface area contributed by atoms with Crippen LogP contribution in [0.1, 0.15) is 55.8 Å². The minimum Gasteiger partial charge on any atom is -0.458 e. The van der Waals surface area contributed by atoms with Gasteiger partial charge in [0.15, 0.2) is 23.1 Å². The first-order valence-corrected chi connectivity index (χ1v) is 6.90. The van der Waals surface area contributed by atoms with Gasteiger partial charge in [0.25, 0.3) is 0 Å². The minimum absolute atomic E-state index is 0.0717. The maximum Gasteiger partial charge on any atom is 0.194 e. The van der Waals surface area contributed by atoms with Gasteiger partial charge in [-0.25, -0.2) is 0 Å². The molecule has 3 nitrogen and oxygen atoms in total. The quantitative estimate of drug-likeness (QED) is 0.527. The predicted molar refractivity (Wildman–Crippen MR) is 74.3 cm³/mol. The molecule has 0 unspecified atom stereocenters. The van der Waals surface area contributed by atoms with E-state index in [4.69, 9.17) is 8.83 Å². The molecule has 0 saturated heterocycles. The van der Waals surface area contributed by atoms with Crippen LogP contribution in [0.25, 0.3) is 11.5 Å². The highest BCUT2D eigenvalue weighted by Gasteiger charge is 2.11. The molecule has 2 aromatic rings. The molecule has 2 heterocycles. The van der Waals surface area contributed by atoms with Crippen molar-refractivity contribution in [2.75, 3.05) is 0 Å². The van der Waals surface area contributed by atoms with Crippen LogP contribution in [0.5, 0.6) is 0 Å². The van der Waals surface area contributed by atoms with Crippen LogP contribution >= 0.6 is 0 Å². The van der Waals surface area contributed by atoms with Crippen LogP contribution in [0.2, 0.25) is 0 Å². The summed E-state index contributed by atoms with van der Waals surface area (Å²) in [6, 6.07) is 7.34. The number of carbonyl (C=O) groups excluding carboxylic acids is 1. The molecule has 0 amide bonds. The van der Waals surface area contributed by atoms with E-state index in [1.807, 2.05) is 12.1 Å². The van der Waals surface area contributed by atoms with Gasteiger partial charge in [0.1, 0.15) is 5.76 Å². The Kier molecular flexibility index (Phi) is 4.61. The van der Waals surface area contributed by atoms with Gasteiger partial charge in [0, 0.05) is 13.3 Å². The Hall–Kier alpha value is -1.77. The fourth-order valence-corrected chi connectivity index (χ4v) is 2.03. The number of furan rings is 2. The summed E-state index contributed by atoms with van der Waals surface area (Å²) in [5, 5.41) is 0. The maximum atomic E-state index is 11.2. The molecule has 0 radical (unpaired) electrons. The van der Waals surface area contributed by atoms with Crippen LogP contribution in [0.3, 0.4) is 0 Å². The van der Waals surface area contributed by atoms with Crippen LogP contribution in [0.15, 0.2) is 33.1 Å². The topological polar surface area (TPSA) is 43.4 Å². The highest BCUT2D eigenvalue weighted by Crippen LogP contribution is 2.25. The molecule has 0 fully saturated rings. The van der Waals surface area contributed by atoms with Crippen molar-refractivity contribution in [1.29, 1.82) is 0 Å². The van der Waals surface area contributed by atoms with E-state index in [0.29, 0.717) is 17.3 Å². The Morgan fingerprint density at radius 1 is 1.00 bits per heavy atom. The lowest BCUT2D eigenvalue weighted by Gasteiger charge is -1.97. The molecule has 0 atom stereocenters. The van der Waals surface area contributed by atoms with Crippen LogP contribution in [-0.4, -0.2) is 5.78 Å². The van der Waals surface area contributed by atoms with E-state index in [1.54, 1.807) is 12.1 Å². The fourth-order valence-electron chi connectivity index (χ4n) is 2.03. The van der Waals surface area contributed by atoms with Crippen LogP contribution in [-0.2, 0) is 6.42 Å². The zero-order valence-corrected chi connectivity index (χ0v) is 11.6. The second kappa shape index (κ2) is 6.41. The van der Waals surface area contributed by atoms with Crippen molar-refractivity contribution in [2.45, 2.75) is 46.0 Å². The minimum atomic E-state index is -0.0717. The van der Waals surface area contributed by atoms with Gasteiger partial charge < -0.3 is 8.83 Å². The standard InChI is InChI=1S/C16H20O3/c1-3-4-5-6-7-13-8-9-15(18-13)16-11-10-14(19-16)12(2)17/h8-11H,3-7H2,1-2H3. The lowest BCUT2D eigenvalue weighted by Crippen LogP contribution is -1.85. The lowest BCUT2D eigenvalue weighted by molar-refractivity contribution is 0.0988. The molecule has 0 saturated carbocycles. The maximum absolute atomic E-state index is 11.2. The lowest BCUT2D eigenvalue weighted by atomic mass is 10.1. The Balaban J connectivity index is 1.97. The summed E-state index contributed by atoms with van der Waals surface area (Å²) < 4.78 is 11.2. The second-order valence-corrected chi connectivity index (χ2v) is 4.80. The summed E-state index contributed by atoms with van der Waals surface area (Å²) in [6.45, 7) is 3.69. The van der Waals surface area contributed by atoms with Crippen molar-refractivity contribution in [1.82, 2.24) is 0 Å². The third kappa shape index (κ3) is 3.60. The largest absolute Gasteiger partial charge is 0.458 e. The first kappa shape index (κ1) is 13.7. The predicted octanol–water partition coefficient (Wildman–Crippen LogP) is 4.87. The zero-order chi connectivity index (χ0) is 13.7. The van der Waals surface area contributed by atoms with Gasteiger partial charge in [-0.05, 0) is 30.7 Å². The summed E-state index contributed by atoms with van der Waals surface area (Å²) in [7, 11) is 0. The number of aryl methyl sites for hydroxylation is 1. The van der Waals surface area contributed by atoms with E-state index in [-0.39, 0.29) is 5.78 Å². The van der Waals surface area contributed by atoms with Crippen LogP contribution in [0.4, 0.5) is 0 Å². The molecular weight excluding hydrogens is 240 g/mol. The van der Waals surface area contributed by atoms with Gasteiger partial charge in [-0.15, -0.1) is 0 Å². The molecule has 0 aromatic carbocycles. The molecule has 0 spiro atoms. The molecule has 0 aliphatic carbocycles. The van der Waals surface area contributed by atoms with E-state index < -0.39 is 0 Å². The molecular formula is C16H20O3. The number of unbranched alkanes of at least 4 members (excludes halogenated alkanes) is 3. The van der Waals surface area contributed by atoms with E-state index in [9.17, 15) is 4.79 Å². The Bertz CT molecular complexity index is 534. The number of Topliss-reactive ketones (excluding diaryl/α,β-unsaturated/α-hetero) is 1. The Morgan fingerprint density at radius 2 is 1.74 bits per heavy atom. The SMILES string of the molecule is CCCCCCc1ccc(-c2ccc(C(C)=O)o2)o1. The molecule has 2 aromatic heterocycles. The summed E-state index contributed by atoms with van der Waals surface area (Å²) in [4.78, 5) is 11.2. The summed E-state index contributed by atoms with van der Waals surface area (Å²) >= 11 is 0. The second-order valence-electron chi connectivity index (χ2n) is 4.80. The van der Waals surface area contributed by atoms with Gasteiger partial charge in [0.05, 0.1) is 0 Å². The van der Waals surface area contributed by atoms with Gasteiger partial charge in [-0.1, -0.05) is 26.2 Å². The molecule has 19 heavy (non-hydrogen) atoms. The van der Waals surface area contributed by atoms with Crippen molar-refractivity contribution < 1.29 is 13.6 Å². The zero-order valence-electron chi connectivity index (χ0n) is 11.6. The van der Waals surface area contributed by atoms with E-state index >= 15 is 0 Å². The number of rotatable bonds is 7. The smallest absolute Gasteiger partial charge is 0.194 e. The number of hydrogen-bond acceptors (Lipinski definition) is 3. The normalized spacial score (nSPS) is 10.8. The molecule has 0 aliphatic rings. The van der Waals surface area contributed by atoms with E-state index in [2.05, 4.69) is 6.92 Å². The summed E-state index contributed by atoms with van der Waals surface area (Å²) in [5.74, 6) is 2.59. The third-order valence-corrected chi connectivity index (χ3v) is 3.13. The van der Waals surface area contributed by atoms with Crippen LogP contribution in [0, 0.1) is 0 Å². The molecule has 0 N–H and O–H groups in total. The van der Waals surface area contributed by atoms with Gasteiger partial charge in [-0.3, -0.25) is 4.79 Å². The van der Waals surface area contributed by atoms with Crippen molar-refractivity contribution in [3.05, 3.63) is 35.8 Å². The van der Waals surface area contributed by atoms with Crippen LogP contribution < -0.4 is 0 Å². The van der Waals surface area contributed by atoms with Gasteiger partial charge >= 0.3 is 0 Å². The fraction of sp³-hybridized carbons (Fsp3) is 0.438. The molecule has 0 bridgehead atoms. The Labute approximate surface area is 113 Å². The number of ketones is 1. The first-order chi connectivity index (χ1) is 9.20. The van der Waals surface area contributed by atoms with Crippen molar-refractivity contribution in [3.63, 3.8) is 0 Å². The molecule has 0 aliphatic heterocycles. The first-order valence-electron chi connectivity index (χ1n) is 6.90. The number of carbonyl (C=O) groups is 1. The molecule has 3 heteroatoms. The van der Waals surface area contributed by atoms with Crippen molar-refractivity contribution in [3.8, 4) is 11.5 Å². The average molecular weight is 260 g/mol. The highest BCUT2D eigenvalue weighted by molar-refractivity contribution is 5.91. The van der Waals surface area contributed by atoms with E-state index in [1.165, 1.54) is 26.2 Å². The van der Waals surface area contributed by atoms with Gasteiger partial charge in [-0.2, -0.15) is 0 Å². The third-order valence-electron chi connectivity index (χ3n) is 3.13. The summed E-state index contributed by atoms with van der Waals surface area (Å²) in [6.07, 6.45) is 5.86.